The molecule has 3 heteroatoms. The Morgan fingerprint density at radius 3 is 1.68 bits per heavy atom. The second-order valence-electron chi connectivity index (χ2n) is 24.6. The number of benzene rings is 2. The highest BCUT2D eigenvalue weighted by molar-refractivity contribution is 6.98. The molecule has 0 saturated heterocycles. The molecule has 0 aromatic heterocycles. The molecule has 2 aromatic rings. The van der Waals surface area contributed by atoms with Gasteiger partial charge in [-0.05, 0) is 167 Å². The minimum atomic E-state index is -2.35. The first-order valence-electron chi connectivity index (χ1n) is 24.3. The van der Waals surface area contributed by atoms with Crippen LogP contribution in [0.25, 0.3) is 10.8 Å². The van der Waals surface area contributed by atoms with Crippen molar-refractivity contribution in [1.82, 2.24) is 0 Å². The molecule has 1 heterocycles. The van der Waals surface area contributed by atoms with Gasteiger partial charge in [0.15, 0.2) is 0 Å². The Morgan fingerprint density at radius 2 is 1.15 bits per heavy atom. The van der Waals surface area contributed by atoms with Crippen LogP contribution in [0.1, 0.15) is 156 Å². The molecule has 1 aliphatic heterocycles. The van der Waals surface area contributed by atoms with Crippen LogP contribution in [-0.2, 0) is 4.74 Å². The fourth-order valence-electron chi connectivity index (χ4n) is 14.0. The lowest BCUT2D eigenvalue weighted by molar-refractivity contribution is -0.00471. The van der Waals surface area contributed by atoms with Gasteiger partial charge in [0.05, 0.1) is 19.7 Å². The minimum Gasteiger partial charge on any atom is -0.376 e. The maximum Gasteiger partial charge on any atom is 0.0892 e. The summed E-state index contributed by atoms with van der Waals surface area (Å²) in [7, 11) is 0.0224. The third-order valence-corrected chi connectivity index (χ3v) is 22.9. The number of hydrogen-bond acceptors (Lipinski definition) is 2. The topological polar surface area (TPSA) is 12.5 Å². The van der Waals surface area contributed by atoms with Crippen molar-refractivity contribution in [3.8, 4) is 0 Å². The van der Waals surface area contributed by atoms with Crippen molar-refractivity contribution in [3.05, 3.63) is 111 Å². The number of hydrogen-bond donors (Lipinski definition) is 0. The summed E-state index contributed by atoms with van der Waals surface area (Å²) in [4.78, 5) is 2.63. The molecule has 6 unspecified atom stereocenters. The van der Waals surface area contributed by atoms with Crippen molar-refractivity contribution in [2.75, 3.05) is 18.6 Å². The van der Waals surface area contributed by atoms with Gasteiger partial charge >= 0.3 is 0 Å². The third kappa shape index (κ3) is 6.71. The van der Waals surface area contributed by atoms with Gasteiger partial charge < -0.3 is 9.64 Å². The van der Waals surface area contributed by atoms with Crippen molar-refractivity contribution >= 4 is 24.5 Å². The molecule has 6 atom stereocenters. The van der Waals surface area contributed by atoms with Crippen molar-refractivity contribution in [2.24, 2.45) is 45.3 Å². The van der Waals surface area contributed by atoms with Crippen molar-refractivity contribution in [2.45, 2.75) is 164 Å². The molecule has 7 aliphatic rings. The normalized spacial score (nSPS) is 31.0. The highest BCUT2D eigenvalue weighted by Crippen LogP contribution is 2.70. The van der Waals surface area contributed by atoms with E-state index in [4.69, 9.17) is 4.74 Å². The summed E-state index contributed by atoms with van der Waals surface area (Å²) in [6, 6.07) is 18.7. The quantitative estimate of drug-likeness (QED) is 0.185. The minimum absolute atomic E-state index is 0.0692. The molecule has 0 spiro atoms. The molecule has 0 bridgehead atoms. The summed E-state index contributed by atoms with van der Waals surface area (Å²) in [5.74, 6) is 2.16. The van der Waals surface area contributed by atoms with E-state index in [1.807, 2.05) is 5.20 Å². The van der Waals surface area contributed by atoms with E-state index in [2.05, 4.69) is 168 Å². The zero-order valence-electron chi connectivity index (χ0n) is 40.2. The molecular formula is C57H79NOSi. The first-order chi connectivity index (χ1) is 28.1. The van der Waals surface area contributed by atoms with E-state index < -0.39 is 8.07 Å². The molecule has 6 aliphatic carbocycles. The Bertz CT molecular complexity index is 2160. The Kier molecular flexibility index (Phi) is 10.1. The van der Waals surface area contributed by atoms with E-state index in [1.54, 1.807) is 39.0 Å². The monoisotopic (exact) mass is 822 g/mol. The SMILES string of the molecule is Cc1ccc2c(c1)C1=C([Si](C)(CCCCCCOC(C)(C)C)C3C4C=C5C(=CC4C4C=C6C(=CC43)C(C)(C)CCC6(C)C)C(C)(C)CCC5(C)C)c3ccccc3C1N2C. The van der Waals surface area contributed by atoms with Crippen LogP contribution < -0.4 is 4.90 Å². The van der Waals surface area contributed by atoms with Gasteiger partial charge in [-0.1, -0.05) is 147 Å². The number of unbranched alkanes of at least 4 members (excludes halogenated alkanes) is 3. The van der Waals surface area contributed by atoms with Crippen LogP contribution in [0, 0.1) is 52.3 Å². The number of fused-ring (bicyclic) bond motifs is 10. The predicted molar refractivity (Wildman–Crippen MR) is 260 cm³/mol. The number of ether oxygens (including phenoxy) is 1. The fourth-order valence-corrected chi connectivity index (χ4v) is 20.0. The molecule has 2 nitrogen and oxygen atoms in total. The summed E-state index contributed by atoms with van der Waals surface area (Å²) < 4.78 is 6.22. The summed E-state index contributed by atoms with van der Waals surface area (Å²) in [6.45, 7) is 33.2. The number of nitrogens with zero attached hydrogens (tertiary/aromatic N) is 1. The molecule has 0 radical (unpaired) electrons. The molecule has 2 aromatic carbocycles. The van der Waals surface area contributed by atoms with Crippen LogP contribution in [0.5, 0.6) is 0 Å². The Morgan fingerprint density at radius 1 is 0.650 bits per heavy atom. The maximum absolute atomic E-state index is 6.22. The van der Waals surface area contributed by atoms with Gasteiger partial charge in [0, 0.05) is 24.9 Å². The van der Waals surface area contributed by atoms with Gasteiger partial charge in [0.1, 0.15) is 0 Å². The highest BCUT2D eigenvalue weighted by atomic mass is 28.3. The number of aryl methyl sites for hydroxylation is 1. The molecule has 0 N–H and O–H groups in total. The Labute approximate surface area is 367 Å². The van der Waals surface area contributed by atoms with E-state index in [0.717, 1.165) is 13.0 Å². The lowest BCUT2D eigenvalue weighted by atomic mass is 9.56. The van der Waals surface area contributed by atoms with Crippen molar-refractivity contribution in [1.29, 1.82) is 0 Å². The molecule has 0 amide bonds. The lowest BCUT2D eigenvalue weighted by Crippen LogP contribution is -2.44. The van der Waals surface area contributed by atoms with Crippen LogP contribution in [-0.4, -0.2) is 27.3 Å². The van der Waals surface area contributed by atoms with Gasteiger partial charge in [-0.15, -0.1) is 0 Å². The van der Waals surface area contributed by atoms with Crippen LogP contribution >= 0.6 is 0 Å². The second kappa shape index (κ2) is 14.3. The Balaban J connectivity index is 1.26. The van der Waals surface area contributed by atoms with E-state index in [9.17, 15) is 0 Å². The van der Waals surface area contributed by atoms with Crippen LogP contribution in [0.4, 0.5) is 5.69 Å². The van der Waals surface area contributed by atoms with Crippen molar-refractivity contribution in [3.63, 3.8) is 0 Å². The first-order valence-corrected chi connectivity index (χ1v) is 27.1. The van der Waals surface area contributed by atoms with Crippen LogP contribution in [0.3, 0.4) is 0 Å². The van der Waals surface area contributed by atoms with Gasteiger partial charge in [-0.3, -0.25) is 0 Å². The summed E-state index contributed by atoms with van der Waals surface area (Å²) in [6.07, 6.45) is 21.9. The molecule has 3 fully saturated rings. The number of likely N-dealkylation sites (N-methyl/N-ethyl adjacent to an activating group) is 1. The number of allylic oxidation sites excluding steroid dienone is 8. The average molecular weight is 822 g/mol. The van der Waals surface area contributed by atoms with Gasteiger partial charge in [0.25, 0.3) is 0 Å². The van der Waals surface area contributed by atoms with Gasteiger partial charge in [0.2, 0.25) is 0 Å². The van der Waals surface area contributed by atoms with E-state index in [-0.39, 0.29) is 27.3 Å². The summed E-state index contributed by atoms with van der Waals surface area (Å²) >= 11 is 0. The van der Waals surface area contributed by atoms with E-state index >= 15 is 0 Å². The number of anilines is 1. The summed E-state index contributed by atoms with van der Waals surface area (Å²) in [5.41, 5.74) is 17.2. The standard InChI is InChI=1S/C57H79NOSi/c1-36-23-24-48-43(31-36)49-50(58(48)13)37-21-17-18-22-38(37)52(49)60(14,30-20-16-15-19-29-59-53(2,3)4)51-41-34-46-44(54(5,6)25-27-56(46,9)10)32-39(41)40-33-45-47(35-42(40)51)57(11,12)28-26-55(45,7)8/h17-18,21-24,31-35,39-42,50-51H,15-16,19-20,25-30H2,1-14H3. The third-order valence-electron chi connectivity index (χ3n) is 17.6. The zero-order valence-corrected chi connectivity index (χ0v) is 41.2. The molecular weight excluding hydrogens is 743 g/mol. The summed E-state index contributed by atoms with van der Waals surface area (Å²) in [5, 5.41) is 1.81. The first kappa shape index (κ1) is 42.4. The fraction of sp³-hybridized carbons (Fsp3) is 0.614. The smallest absolute Gasteiger partial charge is 0.0892 e. The molecule has 322 valence electrons. The number of rotatable bonds is 9. The largest absolute Gasteiger partial charge is 0.376 e. The van der Waals surface area contributed by atoms with Gasteiger partial charge in [-0.2, -0.15) is 0 Å². The predicted octanol–water partition coefficient (Wildman–Crippen LogP) is 15.7. The average Bonchev–Trinajstić information content (AvgIpc) is 3.79. The van der Waals surface area contributed by atoms with Crippen LogP contribution in [0.2, 0.25) is 18.1 Å². The Hall–Kier alpha value is -2.88. The molecule has 3 saturated carbocycles. The van der Waals surface area contributed by atoms with Crippen LogP contribution in [0.15, 0.2) is 89.1 Å². The highest BCUT2D eigenvalue weighted by Gasteiger charge is 2.62. The zero-order chi connectivity index (χ0) is 42.9. The molecule has 60 heavy (non-hydrogen) atoms. The second-order valence-corrected chi connectivity index (χ2v) is 29.1. The maximum atomic E-state index is 6.22. The van der Waals surface area contributed by atoms with E-state index in [1.165, 1.54) is 67.8 Å². The van der Waals surface area contributed by atoms with Crippen molar-refractivity contribution < 1.29 is 4.74 Å². The lowest BCUT2D eigenvalue weighted by Gasteiger charge is -2.49. The van der Waals surface area contributed by atoms with E-state index in [0.29, 0.717) is 35.3 Å². The molecule has 9 rings (SSSR count). The van der Waals surface area contributed by atoms with Gasteiger partial charge in [-0.25, -0.2) is 0 Å².